The maximum atomic E-state index is 5.75. The van der Waals surface area contributed by atoms with Gasteiger partial charge in [-0.25, -0.2) is 0 Å². The predicted octanol–water partition coefficient (Wildman–Crippen LogP) is 2.35. The van der Waals surface area contributed by atoms with E-state index in [0.29, 0.717) is 0 Å². The molecule has 0 unspecified atom stereocenters. The molecule has 3 heteroatoms. The summed E-state index contributed by atoms with van der Waals surface area (Å²) >= 11 is 0. The highest BCUT2D eigenvalue weighted by Gasteiger charge is 2.14. The van der Waals surface area contributed by atoms with Gasteiger partial charge in [0.25, 0.3) is 0 Å². The van der Waals surface area contributed by atoms with Crippen molar-refractivity contribution in [1.82, 2.24) is 5.32 Å². The average molecular weight is 241 g/mol. The fraction of sp³-hybridized carbons (Fsp3) is 1.00. The minimum absolute atomic E-state index is 0.735. The summed E-state index contributed by atoms with van der Waals surface area (Å²) in [5.74, 6) is 0.735. The standard InChI is InChI=1S/C14H27NO2/c1-2-4-14(5-3-1)15-8-11-17-12-13-6-9-16-10-7-13/h13-15H,1-12H2. The van der Waals surface area contributed by atoms with Gasteiger partial charge in [-0.05, 0) is 31.6 Å². The minimum atomic E-state index is 0.735. The van der Waals surface area contributed by atoms with Crippen molar-refractivity contribution in [2.45, 2.75) is 51.0 Å². The first-order chi connectivity index (χ1) is 8.45. The molecule has 1 N–H and O–H groups in total. The second-order valence-electron chi connectivity index (χ2n) is 5.42. The van der Waals surface area contributed by atoms with Gasteiger partial charge < -0.3 is 14.8 Å². The van der Waals surface area contributed by atoms with Crippen LogP contribution in [0.4, 0.5) is 0 Å². The van der Waals surface area contributed by atoms with E-state index in [2.05, 4.69) is 5.32 Å². The molecule has 3 nitrogen and oxygen atoms in total. The van der Waals surface area contributed by atoms with E-state index in [4.69, 9.17) is 9.47 Å². The third-order valence-corrected chi connectivity index (χ3v) is 3.98. The van der Waals surface area contributed by atoms with Crippen LogP contribution in [0, 0.1) is 5.92 Å². The maximum absolute atomic E-state index is 5.75. The Morgan fingerprint density at radius 1 is 1.00 bits per heavy atom. The highest BCUT2D eigenvalue weighted by Crippen LogP contribution is 2.17. The lowest BCUT2D eigenvalue weighted by Crippen LogP contribution is -2.34. The van der Waals surface area contributed by atoms with E-state index in [1.54, 1.807) is 0 Å². The third-order valence-electron chi connectivity index (χ3n) is 3.98. The van der Waals surface area contributed by atoms with Gasteiger partial charge in [0.15, 0.2) is 0 Å². The SMILES string of the molecule is C1CCC(NCCOCC2CCOCC2)CC1. The van der Waals surface area contributed by atoms with Crippen LogP contribution in [0.1, 0.15) is 44.9 Å². The van der Waals surface area contributed by atoms with Gasteiger partial charge in [0, 0.05) is 32.4 Å². The van der Waals surface area contributed by atoms with Gasteiger partial charge in [0.2, 0.25) is 0 Å². The summed E-state index contributed by atoms with van der Waals surface area (Å²) in [6.07, 6.45) is 9.31. The van der Waals surface area contributed by atoms with Crippen LogP contribution in [0.3, 0.4) is 0 Å². The first kappa shape index (κ1) is 13.3. The molecule has 0 atom stereocenters. The highest BCUT2D eigenvalue weighted by atomic mass is 16.5. The molecule has 0 spiro atoms. The van der Waals surface area contributed by atoms with Crippen LogP contribution in [0.15, 0.2) is 0 Å². The Kier molecular flexibility index (Phi) is 6.32. The first-order valence-corrected chi connectivity index (χ1v) is 7.34. The van der Waals surface area contributed by atoms with Gasteiger partial charge >= 0.3 is 0 Å². The van der Waals surface area contributed by atoms with Crippen LogP contribution in [0.2, 0.25) is 0 Å². The molecule has 0 aromatic heterocycles. The lowest BCUT2D eigenvalue weighted by Gasteiger charge is -2.24. The van der Waals surface area contributed by atoms with Crippen LogP contribution in [-0.2, 0) is 9.47 Å². The summed E-state index contributed by atoms with van der Waals surface area (Å²) in [4.78, 5) is 0. The molecule has 1 saturated heterocycles. The summed E-state index contributed by atoms with van der Waals surface area (Å²) in [6.45, 7) is 4.67. The van der Waals surface area contributed by atoms with Gasteiger partial charge in [-0.3, -0.25) is 0 Å². The molecular formula is C14H27NO2. The molecule has 0 bridgehead atoms. The minimum Gasteiger partial charge on any atom is -0.381 e. The monoisotopic (exact) mass is 241 g/mol. The van der Waals surface area contributed by atoms with E-state index in [1.807, 2.05) is 0 Å². The number of hydrogen-bond acceptors (Lipinski definition) is 3. The molecule has 1 saturated carbocycles. The Bertz CT molecular complexity index is 167. The zero-order valence-corrected chi connectivity index (χ0v) is 11.0. The summed E-state index contributed by atoms with van der Waals surface area (Å²) in [7, 11) is 0. The van der Waals surface area contributed by atoms with E-state index in [1.165, 1.54) is 44.9 Å². The van der Waals surface area contributed by atoms with Crippen LogP contribution >= 0.6 is 0 Å². The van der Waals surface area contributed by atoms with Crippen molar-refractivity contribution in [3.63, 3.8) is 0 Å². The molecule has 17 heavy (non-hydrogen) atoms. The maximum Gasteiger partial charge on any atom is 0.0591 e. The molecule has 1 heterocycles. The van der Waals surface area contributed by atoms with E-state index in [9.17, 15) is 0 Å². The van der Waals surface area contributed by atoms with Crippen LogP contribution in [0.25, 0.3) is 0 Å². The zero-order valence-electron chi connectivity index (χ0n) is 11.0. The quantitative estimate of drug-likeness (QED) is 0.724. The van der Waals surface area contributed by atoms with Crippen molar-refractivity contribution in [3.05, 3.63) is 0 Å². The lowest BCUT2D eigenvalue weighted by molar-refractivity contribution is 0.0209. The smallest absolute Gasteiger partial charge is 0.0591 e. The number of rotatable bonds is 6. The molecule has 1 aliphatic heterocycles. The molecule has 2 fully saturated rings. The third kappa shape index (κ3) is 5.36. The van der Waals surface area contributed by atoms with Crippen molar-refractivity contribution in [3.8, 4) is 0 Å². The topological polar surface area (TPSA) is 30.5 Å². The number of hydrogen-bond donors (Lipinski definition) is 1. The Morgan fingerprint density at radius 3 is 2.53 bits per heavy atom. The molecule has 100 valence electrons. The van der Waals surface area contributed by atoms with Crippen LogP contribution in [0.5, 0.6) is 0 Å². The van der Waals surface area contributed by atoms with Gasteiger partial charge in [0.05, 0.1) is 6.61 Å². The Hall–Kier alpha value is -0.120. The molecule has 1 aliphatic carbocycles. The molecule has 2 rings (SSSR count). The summed E-state index contributed by atoms with van der Waals surface area (Å²) < 4.78 is 11.1. The number of ether oxygens (including phenoxy) is 2. The second-order valence-corrected chi connectivity index (χ2v) is 5.42. The van der Waals surface area contributed by atoms with Gasteiger partial charge in [-0.1, -0.05) is 19.3 Å². The Balaban J connectivity index is 1.42. The zero-order chi connectivity index (χ0) is 11.8. The number of nitrogens with one attached hydrogen (secondary N) is 1. The van der Waals surface area contributed by atoms with Gasteiger partial charge in [-0.15, -0.1) is 0 Å². The fourth-order valence-electron chi connectivity index (χ4n) is 2.80. The molecule has 0 amide bonds. The predicted molar refractivity (Wildman–Crippen MR) is 69.2 cm³/mol. The van der Waals surface area contributed by atoms with E-state index in [0.717, 1.165) is 44.9 Å². The van der Waals surface area contributed by atoms with Gasteiger partial charge in [0.1, 0.15) is 0 Å². The van der Waals surface area contributed by atoms with E-state index < -0.39 is 0 Å². The van der Waals surface area contributed by atoms with Gasteiger partial charge in [-0.2, -0.15) is 0 Å². The lowest BCUT2D eigenvalue weighted by atomic mass is 9.96. The fourth-order valence-corrected chi connectivity index (χ4v) is 2.80. The van der Waals surface area contributed by atoms with Crippen molar-refractivity contribution in [2.24, 2.45) is 5.92 Å². The second kappa shape index (κ2) is 8.06. The van der Waals surface area contributed by atoms with E-state index >= 15 is 0 Å². The van der Waals surface area contributed by atoms with Crippen LogP contribution < -0.4 is 5.32 Å². The summed E-state index contributed by atoms with van der Waals surface area (Å²) in [5.41, 5.74) is 0. The van der Waals surface area contributed by atoms with E-state index in [-0.39, 0.29) is 0 Å². The summed E-state index contributed by atoms with van der Waals surface area (Å²) in [6, 6.07) is 0.760. The Labute approximate surface area is 105 Å². The largest absolute Gasteiger partial charge is 0.381 e. The molecule has 2 aliphatic rings. The van der Waals surface area contributed by atoms with Crippen molar-refractivity contribution >= 4 is 0 Å². The average Bonchev–Trinajstić information content (AvgIpc) is 2.41. The molecule has 0 aromatic carbocycles. The summed E-state index contributed by atoms with van der Waals surface area (Å²) in [5, 5.41) is 3.61. The molecule has 0 aromatic rings. The first-order valence-electron chi connectivity index (χ1n) is 7.34. The molecule has 0 radical (unpaired) electrons. The Morgan fingerprint density at radius 2 is 1.76 bits per heavy atom. The van der Waals surface area contributed by atoms with Crippen molar-refractivity contribution in [2.75, 3.05) is 33.0 Å². The van der Waals surface area contributed by atoms with Crippen molar-refractivity contribution < 1.29 is 9.47 Å². The highest BCUT2D eigenvalue weighted by molar-refractivity contribution is 4.71. The normalized spacial score (nSPS) is 24.0. The molecular weight excluding hydrogens is 214 g/mol. The van der Waals surface area contributed by atoms with Crippen molar-refractivity contribution in [1.29, 1.82) is 0 Å². The van der Waals surface area contributed by atoms with Crippen LogP contribution in [-0.4, -0.2) is 39.0 Å².